The largest absolute Gasteiger partial charge is 0.378 e. The quantitative estimate of drug-likeness (QED) is 0.856. The number of morpholine rings is 1. The van der Waals surface area contributed by atoms with Gasteiger partial charge in [-0.1, -0.05) is 45.0 Å². The van der Waals surface area contributed by atoms with Crippen LogP contribution in [0, 0.1) is 0 Å². The molecule has 0 radical (unpaired) electrons. The van der Waals surface area contributed by atoms with E-state index in [1.165, 1.54) is 5.56 Å². The number of nitrogens with one attached hydrogen (secondary N) is 2. The normalized spacial score (nSPS) is 14.8. The highest BCUT2D eigenvalue weighted by Gasteiger charge is 2.16. The second-order valence-corrected chi connectivity index (χ2v) is 7.52. The first-order valence-corrected chi connectivity index (χ1v) is 9.04. The molecule has 26 heavy (non-hydrogen) atoms. The number of carbonyl (C=O) groups is 1. The number of anilines is 3. The Morgan fingerprint density at radius 3 is 2.27 bits per heavy atom. The van der Waals surface area contributed by atoms with Crippen molar-refractivity contribution in [3.8, 4) is 0 Å². The van der Waals surface area contributed by atoms with Gasteiger partial charge in [0.2, 0.25) is 0 Å². The predicted octanol–water partition coefficient (Wildman–Crippen LogP) is 4.46. The lowest BCUT2D eigenvalue weighted by molar-refractivity contribution is 0.123. The Labute approximate surface area is 155 Å². The van der Waals surface area contributed by atoms with Crippen LogP contribution in [0.1, 0.15) is 26.3 Å². The Hall–Kier alpha value is -2.53. The van der Waals surface area contributed by atoms with Gasteiger partial charge >= 0.3 is 6.03 Å². The first kappa shape index (κ1) is 18.3. The summed E-state index contributed by atoms with van der Waals surface area (Å²) in [4.78, 5) is 14.7. The summed E-state index contributed by atoms with van der Waals surface area (Å²) >= 11 is 0. The van der Waals surface area contributed by atoms with Gasteiger partial charge in [0.1, 0.15) is 0 Å². The molecule has 2 amide bonds. The third-order valence-corrected chi connectivity index (χ3v) is 4.51. The number of ether oxygens (including phenoxy) is 1. The van der Waals surface area contributed by atoms with E-state index in [1.54, 1.807) is 0 Å². The summed E-state index contributed by atoms with van der Waals surface area (Å²) in [5, 5.41) is 5.87. The Bertz CT molecular complexity index is 745. The third-order valence-electron chi connectivity index (χ3n) is 4.51. The number of nitrogens with zero attached hydrogens (tertiary/aromatic N) is 1. The number of rotatable bonds is 3. The SMILES string of the molecule is CC(C)(C)c1ccc(NC(=O)Nc2ccccc2N2CCOCC2)cc1. The van der Waals surface area contributed by atoms with E-state index >= 15 is 0 Å². The van der Waals surface area contributed by atoms with E-state index in [9.17, 15) is 4.79 Å². The van der Waals surface area contributed by atoms with E-state index in [2.05, 4.69) is 48.4 Å². The Morgan fingerprint density at radius 1 is 0.962 bits per heavy atom. The Balaban J connectivity index is 1.67. The minimum atomic E-state index is -0.241. The van der Waals surface area contributed by atoms with E-state index in [0.717, 1.165) is 30.2 Å². The van der Waals surface area contributed by atoms with Crippen molar-refractivity contribution in [1.82, 2.24) is 0 Å². The van der Waals surface area contributed by atoms with Crippen LogP contribution in [0.15, 0.2) is 48.5 Å². The van der Waals surface area contributed by atoms with Crippen LogP contribution in [-0.4, -0.2) is 32.3 Å². The number of hydrogen-bond acceptors (Lipinski definition) is 3. The van der Waals surface area contributed by atoms with Crippen molar-refractivity contribution >= 4 is 23.1 Å². The highest BCUT2D eigenvalue weighted by molar-refractivity contribution is 6.01. The summed E-state index contributed by atoms with van der Waals surface area (Å²) < 4.78 is 5.41. The fourth-order valence-corrected chi connectivity index (χ4v) is 3.00. The van der Waals surface area contributed by atoms with Crippen molar-refractivity contribution in [3.63, 3.8) is 0 Å². The van der Waals surface area contributed by atoms with Crippen molar-refractivity contribution < 1.29 is 9.53 Å². The molecule has 0 spiro atoms. The topological polar surface area (TPSA) is 53.6 Å². The zero-order valence-corrected chi connectivity index (χ0v) is 15.7. The maximum atomic E-state index is 12.4. The lowest BCUT2D eigenvalue weighted by atomic mass is 9.87. The van der Waals surface area contributed by atoms with Gasteiger partial charge in [-0.2, -0.15) is 0 Å². The van der Waals surface area contributed by atoms with Crippen molar-refractivity contribution in [2.24, 2.45) is 0 Å². The van der Waals surface area contributed by atoms with Gasteiger partial charge in [-0.3, -0.25) is 0 Å². The van der Waals surface area contributed by atoms with Crippen LogP contribution in [0.3, 0.4) is 0 Å². The Kier molecular flexibility index (Phi) is 5.47. The molecule has 5 nitrogen and oxygen atoms in total. The number of amides is 2. The zero-order chi connectivity index (χ0) is 18.6. The highest BCUT2D eigenvalue weighted by Crippen LogP contribution is 2.27. The predicted molar refractivity (Wildman–Crippen MR) is 107 cm³/mol. The van der Waals surface area contributed by atoms with Crippen molar-refractivity contribution in [2.45, 2.75) is 26.2 Å². The van der Waals surface area contributed by atoms with E-state index < -0.39 is 0 Å². The molecule has 1 saturated heterocycles. The van der Waals surface area contributed by atoms with Crippen LogP contribution in [0.2, 0.25) is 0 Å². The van der Waals surface area contributed by atoms with Crippen LogP contribution in [-0.2, 0) is 10.2 Å². The molecular weight excluding hydrogens is 326 g/mol. The molecular formula is C21H27N3O2. The molecule has 1 aliphatic rings. The molecule has 2 N–H and O–H groups in total. The standard InChI is InChI=1S/C21H27N3O2/c1-21(2,3)16-8-10-17(11-9-16)22-20(25)23-18-6-4-5-7-19(18)24-12-14-26-15-13-24/h4-11H,12-15H2,1-3H3,(H2,22,23,25). The summed E-state index contributed by atoms with van der Waals surface area (Å²) in [5.41, 5.74) is 3.94. The molecule has 2 aromatic carbocycles. The first-order valence-electron chi connectivity index (χ1n) is 9.04. The van der Waals surface area contributed by atoms with Crippen LogP contribution >= 0.6 is 0 Å². The number of hydrogen-bond donors (Lipinski definition) is 2. The summed E-state index contributed by atoms with van der Waals surface area (Å²) in [5.74, 6) is 0. The summed E-state index contributed by atoms with van der Waals surface area (Å²) in [7, 11) is 0. The number of benzene rings is 2. The van der Waals surface area contributed by atoms with Gasteiger partial charge in [0, 0.05) is 18.8 Å². The molecule has 3 rings (SSSR count). The van der Waals surface area contributed by atoms with Gasteiger partial charge in [-0.05, 0) is 35.2 Å². The molecule has 1 aliphatic heterocycles. The number of carbonyl (C=O) groups excluding carboxylic acids is 1. The lowest BCUT2D eigenvalue weighted by Gasteiger charge is -2.30. The average molecular weight is 353 g/mol. The van der Waals surface area contributed by atoms with Gasteiger partial charge in [-0.25, -0.2) is 4.79 Å². The van der Waals surface area contributed by atoms with E-state index in [4.69, 9.17) is 4.74 Å². The minimum Gasteiger partial charge on any atom is -0.378 e. The third kappa shape index (κ3) is 4.55. The maximum absolute atomic E-state index is 12.4. The summed E-state index contributed by atoms with van der Waals surface area (Å²) in [6.45, 7) is 9.59. The van der Waals surface area contributed by atoms with Crippen LogP contribution in [0.25, 0.3) is 0 Å². The second-order valence-electron chi connectivity index (χ2n) is 7.52. The fraction of sp³-hybridized carbons (Fsp3) is 0.381. The van der Waals surface area contributed by atoms with E-state index in [0.29, 0.717) is 13.2 Å². The molecule has 0 atom stereocenters. The van der Waals surface area contributed by atoms with Crippen LogP contribution in [0.4, 0.5) is 21.9 Å². The number of para-hydroxylation sites is 2. The second kappa shape index (κ2) is 7.79. The molecule has 0 unspecified atom stereocenters. The molecule has 0 saturated carbocycles. The maximum Gasteiger partial charge on any atom is 0.323 e. The smallest absolute Gasteiger partial charge is 0.323 e. The molecule has 138 valence electrons. The van der Waals surface area contributed by atoms with Crippen molar-refractivity contribution in [1.29, 1.82) is 0 Å². The monoisotopic (exact) mass is 353 g/mol. The van der Waals surface area contributed by atoms with Crippen molar-refractivity contribution in [3.05, 3.63) is 54.1 Å². The zero-order valence-electron chi connectivity index (χ0n) is 15.7. The van der Waals surface area contributed by atoms with Crippen molar-refractivity contribution in [2.75, 3.05) is 41.8 Å². The molecule has 0 aliphatic carbocycles. The van der Waals surface area contributed by atoms with Gasteiger partial charge in [0.25, 0.3) is 0 Å². The van der Waals surface area contributed by atoms with Crippen LogP contribution < -0.4 is 15.5 Å². The van der Waals surface area contributed by atoms with Crippen LogP contribution in [0.5, 0.6) is 0 Å². The average Bonchev–Trinajstić information content (AvgIpc) is 2.62. The molecule has 1 heterocycles. The molecule has 0 aromatic heterocycles. The Morgan fingerprint density at radius 2 is 1.62 bits per heavy atom. The van der Waals surface area contributed by atoms with Gasteiger partial charge in [0.05, 0.1) is 24.6 Å². The molecule has 2 aromatic rings. The van der Waals surface area contributed by atoms with E-state index in [1.807, 2.05) is 36.4 Å². The fourth-order valence-electron chi connectivity index (χ4n) is 3.00. The first-order chi connectivity index (χ1) is 12.4. The highest BCUT2D eigenvalue weighted by atomic mass is 16.5. The summed E-state index contributed by atoms with van der Waals surface area (Å²) in [6.07, 6.45) is 0. The molecule has 1 fully saturated rings. The lowest BCUT2D eigenvalue weighted by Crippen LogP contribution is -2.37. The van der Waals surface area contributed by atoms with Gasteiger partial charge in [0.15, 0.2) is 0 Å². The number of urea groups is 1. The summed E-state index contributed by atoms with van der Waals surface area (Å²) in [6, 6.07) is 15.6. The molecule has 0 bridgehead atoms. The minimum absolute atomic E-state index is 0.0951. The molecule has 5 heteroatoms. The van der Waals surface area contributed by atoms with E-state index in [-0.39, 0.29) is 11.4 Å². The van der Waals surface area contributed by atoms with Gasteiger partial charge < -0.3 is 20.3 Å². The van der Waals surface area contributed by atoms with Gasteiger partial charge in [-0.15, -0.1) is 0 Å².